The van der Waals surface area contributed by atoms with E-state index in [-0.39, 0.29) is 5.60 Å². The van der Waals surface area contributed by atoms with Crippen molar-refractivity contribution in [2.24, 2.45) is 0 Å². The second-order valence-corrected chi connectivity index (χ2v) is 8.51. The number of halogens is 1. The van der Waals surface area contributed by atoms with Crippen LogP contribution in [0.15, 0.2) is 38.4 Å². The molecule has 0 unspecified atom stereocenters. The Bertz CT molecular complexity index is 700. The molecule has 1 aliphatic heterocycles. The Morgan fingerprint density at radius 2 is 1.96 bits per heavy atom. The van der Waals surface area contributed by atoms with Gasteiger partial charge in [0.2, 0.25) is 5.89 Å². The molecule has 128 valence electrons. The molecule has 0 bridgehead atoms. The Morgan fingerprint density at radius 1 is 1.12 bits per heavy atom. The molecule has 24 heavy (non-hydrogen) atoms. The number of hydrogen-bond acceptors (Lipinski definition) is 5. The van der Waals surface area contributed by atoms with Gasteiger partial charge in [-0.1, -0.05) is 43.2 Å². The molecule has 4 rings (SSSR count). The fourth-order valence-corrected chi connectivity index (χ4v) is 5.01. The number of hydrogen-bond donors (Lipinski definition) is 0. The first-order valence-corrected chi connectivity index (χ1v) is 10.4. The summed E-state index contributed by atoms with van der Waals surface area (Å²) in [6.45, 7) is 0. The molecule has 1 aromatic heterocycles. The van der Waals surface area contributed by atoms with E-state index < -0.39 is 0 Å². The van der Waals surface area contributed by atoms with Crippen molar-refractivity contribution in [2.75, 3.05) is 5.75 Å². The molecule has 1 aromatic carbocycles. The summed E-state index contributed by atoms with van der Waals surface area (Å²) in [6, 6.07) is 7.88. The summed E-state index contributed by atoms with van der Waals surface area (Å²) in [4.78, 5) is 0. The lowest BCUT2D eigenvalue weighted by molar-refractivity contribution is -0.0555. The molecular weight excluding hydrogens is 388 g/mol. The van der Waals surface area contributed by atoms with Gasteiger partial charge in [0.05, 0.1) is 17.3 Å². The van der Waals surface area contributed by atoms with E-state index in [1.54, 1.807) is 11.8 Å². The zero-order chi connectivity index (χ0) is 16.4. The molecule has 2 aromatic rings. The Balaban J connectivity index is 1.35. The average Bonchev–Trinajstić information content (AvgIpc) is 3.22. The minimum Gasteiger partial charge on any atom is -0.411 e. The normalized spacial score (nSPS) is 23.0. The Labute approximate surface area is 154 Å². The number of ether oxygens (including phenoxy) is 1. The van der Waals surface area contributed by atoms with Gasteiger partial charge < -0.3 is 9.15 Å². The third kappa shape index (κ3) is 3.55. The molecule has 1 spiro atoms. The van der Waals surface area contributed by atoms with Crippen LogP contribution in [0.25, 0.3) is 11.5 Å². The topological polar surface area (TPSA) is 48.2 Å². The summed E-state index contributed by atoms with van der Waals surface area (Å²) in [5.41, 5.74) is 1.10. The lowest BCUT2D eigenvalue weighted by atomic mass is 9.83. The molecule has 4 nitrogen and oxygen atoms in total. The van der Waals surface area contributed by atoms with Gasteiger partial charge in [0, 0.05) is 10.2 Å². The van der Waals surface area contributed by atoms with E-state index in [1.807, 2.05) is 24.3 Å². The van der Waals surface area contributed by atoms with Crippen LogP contribution < -0.4 is 0 Å². The zero-order valence-electron chi connectivity index (χ0n) is 13.5. The van der Waals surface area contributed by atoms with E-state index in [1.165, 1.54) is 38.5 Å². The van der Waals surface area contributed by atoms with Crippen LogP contribution in [-0.2, 0) is 4.74 Å². The van der Waals surface area contributed by atoms with Gasteiger partial charge in [0.1, 0.15) is 0 Å². The van der Waals surface area contributed by atoms with E-state index in [0.717, 1.165) is 22.2 Å². The highest BCUT2D eigenvalue weighted by Crippen LogP contribution is 2.43. The third-order valence-corrected chi connectivity index (χ3v) is 6.65. The molecule has 6 heteroatoms. The minimum absolute atomic E-state index is 0.179. The molecule has 1 saturated heterocycles. The highest BCUT2D eigenvalue weighted by Gasteiger charge is 2.40. The molecule has 1 aliphatic carbocycles. The predicted octanol–water partition coefficient (Wildman–Crippen LogP) is 5.47. The molecule has 1 saturated carbocycles. The zero-order valence-corrected chi connectivity index (χ0v) is 15.9. The number of nitrogens with zero attached hydrogens (tertiary/aromatic N) is 2. The van der Waals surface area contributed by atoms with Gasteiger partial charge >= 0.3 is 0 Å². The van der Waals surface area contributed by atoms with Crippen LogP contribution in [0.4, 0.5) is 0 Å². The summed E-state index contributed by atoms with van der Waals surface area (Å²) in [7, 11) is 0. The van der Waals surface area contributed by atoms with E-state index in [0.29, 0.717) is 17.2 Å². The number of rotatable bonds is 4. The molecule has 1 atom stereocenters. The van der Waals surface area contributed by atoms with Crippen molar-refractivity contribution < 1.29 is 9.15 Å². The second-order valence-electron chi connectivity index (χ2n) is 6.69. The van der Waals surface area contributed by atoms with E-state index in [4.69, 9.17) is 9.15 Å². The summed E-state index contributed by atoms with van der Waals surface area (Å²) in [5, 5.41) is 8.96. The van der Waals surface area contributed by atoms with Crippen molar-refractivity contribution in [3.8, 4) is 11.5 Å². The Morgan fingerprint density at radius 3 is 2.79 bits per heavy atom. The van der Waals surface area contributed by atoms with Gasteiger partial charge in [0.15, 0.2) is 0 Å². The van der Waals surface area contributed by atoms with Gasteiger partial charge in [-0.25, -0.2) is 0 Å². The summed E-state index contributed by atoms with van der Waals surface area (Å²) < 4.78 is 13.2. The molecule has 0 amide bonds. The number of aromatic nitrogens is 2. The highest BCUT2D eigenvalue weighted by atomic mass is 79.9. The summed E-state index contributed by atoms with van der Waals surface area (Å²) in [5.74, 6) is 1.44. The van der Waals surface area contributed by atoms with Gasteiger partial charge in [-0.3, -0.25) is 0 Å². The van der Waals surface area contributed by atoms with Crippen molar-refractivity contribution in [3.63, 3.8) is 0 Å². The molecular formula is C18H21BrN2O2S. The lowest BCUT2D eigenvalue weighted by Crippen LogP contribution is -2.32. The average molecular weight is 409 g/mol. The third-order valence-electron chi connectivity index (χ3n) is 5.01. The van der Waals surface area contributed by atoms with Gasteiger partial charge in [0.25, 0.3) is 5.22 Å². The maximum Gasteiger partial charge on any atom is 0.276 e. The first-order valence-electron chi connectivity index (χ1n) is 8.63. The van der Waals surface area contributed by atoms with Gasteiger partial charge in [-0.15, -0.1) is 10.2 Å². The van der Waals surface area contributed by atoms with Crippen molar-refractivity contribution in [2.45, 2.75) is 61.9 Å². The molecule has 2 heterocycles. The van der Waals surface area contributed by atoms with Crippen LogP contribution in [0.5, 0.6) is 0 Å². The fourth-order valence-electron chi connectivity index (χ4n) is 3.75. The van der Waals surface area contributed by atoms with Crippen molar-refractivity contribution in [1.29, 1.82) is 0 Å². The number of thioether (sulfide) groups is 1. The van der Waals surface area contributed by atoms with Crippen molar-refractivity contribution >= 4 is 27.7 Å². The number of benzene rings is 1. The maximum absolute atomic E-state index is 6.40. The van der Waals surface area contributed by atoms with Crippen molar-refractivity contribution in [3.05, 3.63) is 28.7 Å². The molecule has 2 fully saturated rings. The Kier molecular flexibility index (Phi) is 4.97. The smallest absolute Gasteiger partial charge is 0.276 e. The second kappa shape index (κ2) is 7.18. The van der Waals surface area contributed by atoms with Gasteiger partial charge in [-0.2, -0.15) is 0 Å². The first kappa shape index (κ1) is 16.6. The van der Waals surface area contributed by atoms with Gasteiger partial charge in [-0.05, 0) is 53.7 Å². The van der Waals surface area contributed by atoms with E-state index in [9.17, 15) is 0 Å². The molecule has 0 N–H and O–H groups in total. The maximum atomic E-state index is 6.40. The van der Waals surface area contributed by atoms with Crippen LogP contribution in [0.2, 0.25) is 0 Å². The first-order chi connectivity index (χ1) is 11.7. The van der Waals surface area contributed by atoms with E-state index in [2.05, 4.69) is 26.1 Å². The lowest BCUT2D eigenvalue weighted by Gasteiger charge is -2.33. The Hall–Kier alpha value is -0.850. The quantitative estimate of drug-likeness (QED) is 0.627. The summed E-state index contributed by atoms with van der Waals surface area (Å²) >= 11 is 5.13. The highest BCUT2D eigenvalue weighted by molar-refractivity contribution is 9.10. The standard InChI is InChI=1S/C18H21BrN2O2S/c19-15-7-3-2-6-14(15)16-20-21-17(22-16)24-12-13-8-11-18(23-13)9-4-1-5-10-18/h2-3,6-7,13H,1,4-5,8-12H2/t13-/m1/s1. The monoisotopic (exact) mass is 408 g/mol. The van der Waals surface area contributed by atoms with Crippen LogP contribution in [0.1, 0.15) is 44.9 Å². The van der Waals surface area contributed by atoms with Crippen LogP contribution in [0, 0.1) is 0 Å². The van der Waals surface area contributed by atoms with Crippen LogP contribution >= 0.6 is 27.7 Å². The minimum atomic E-state index is 0.179. The van der Waals surface area contributed by atoms with Crippen LogP contribution in [-0.4, -0.2) is 27.7 Å². The van der Waals surface area contributed by atoms with E-state index >= 15 is 0 Å². The summed E-state index contributed by atoms with van der Waals surface area (Å²) in [6.07, 6.45) is 9.15. The molecule has 2 aliphatic rings. The fraction of sp³-hybridized carbons (Fsp3) is 0.556. The largest absolute Gasteiger partial charge is 0.411 e. The predicted molar refractivity (Wildman–Crippen MR) is 98.1 cm³/mol. The van der Waals surface area contributed by atoms with Crippen molar-refractivity contribution in [1.82, 2.24) is 10.2 Å². The van der Waals surface area contributed by atoms with Crippen LogP contribution in [0.3, 0.4) is 0 Å². The SMILES string of the molecule is Brc1ccccc1-c1nnc(SC[C@H]2CCC3(CCCCC3)O2)o1. The molecule has 0 radical (unpaired) electrons.